The predicted octanol–water partition coefficient (Wildman–Crippen LogP) is 8.19. The highest BCUT2D eigenvalue weighted by Gasteiger charge is 2.42. The molecular formula is C30H27F9N4O5. The first kappa shape index (κ1) is 36.1. The molecule has 48 heavy (non-hydrogen) atoms. The van der Waals surface area contributed by atoms with Crippen molar-refractivity contribution in [2.45, 2.75) is 69.8 Å². The third-order valence-corrected chi connectivity index (χ3v) is 7.56. The van der Waals surface area contributed by atoms with E-state index in [0.29, 0.717) is 24.3 Å². The fraction of sp³-hybridized carbons (Fsp3) is 0.400. The first-order chi connectivity index (χ1) is 22.3. The molecule has 2 heterocycles. The molecule has 1 aliphatic heterocycles. The Bertz CT molecular complexity index is 1600. The van der Waals surface area contributed by atoms with Gasteiger partial charge in [0.1, 0.15) is 0 Å². The molecule has 9 nitrogen and oxygen atoms in total. The molecule has 1 amide bonds. The van der Waals surface area contributed by atoms with Gasteiger partial charge in [0.05, 0.1) is 47.4 Å². The standard InChI is InChI=1S/C30H27F9N4O5/c1-2-20-12-24(22-11-17(28(31,32)33)5-6-23(22)43(20)27(46)47)42(26-40-13-21(14-41-26)48-7-3-4-25(44)45)15-16-8-18(29(34,35)36)10-19(9-16)30(37,38)39/h5-6,8-11,13-14,20,24H,2-4,7,12,15H2,1H3,(H,44,45)(H,46,47)/t20-,24+/m1/s1. The van der Waals surface area contributed by atoms with Gasteiger partial charge >= 0.3 is 30.6 Å². The third-order valence-electron chi connectivity index (χ3n) is 7.56. The lowest BCUT2D eigenvalue weighted by molar-refractivity contribution is -0.143. The zero-order chi connectivity index (χ0) is 35.6. The second kappa shape index (κ2) is 13.8. The molecule has 1 aromatic heterocycles. The van der Waals surface area contributed by atoms with Crippen LogP contribution in [0.4, 0.5) is 55.9 Å². The zero-order valence-corrected chi connectivity index (χ0v) is 24.8. The van der Waals surface area contributed by atoms with Gasteiger partial charge in [0.25, 0.3) is 0 Å². The number of aromatic nitrogens is 2. The van der Waals surface area contributed by atoms with Crippen molar-refractivity contribution in [3.8, 4) is 5.75 Å². The van der Waals surface area contributed by atoms with Gasteiger partial charge < -0.3 is 19.8 Å². The number of carboxylic acids is 1. The first-order valence-corrected chi connectivity index (χ1v) is 14.2. The van der Waals surface area contributed by atoms with Crippen molar-refractivity contribution in [1.29, 1.82) is 0 Å². The summed E-state index contributed by atoms with van der Waals surface area (Å²) in [6.45, 7) is 0.769. The Morgan fingerprint density at radius 1 is 0.896 bits per heavy atom. The van der Waals surface area contributed by atoms with E-state index in [2.05, 4.69) is 9.97 Å². The van der Waals surface area contributed by atoms with Gasteiger partial charge in [-0.3, -0.25) is 9.69 Å². The molecule has 0 saturated carbocycles. The summed E-state index contributed by atoms with van der Waals surface area (Å²) in [5, 5.41) is 18.7. The lowest BCUT2D eigenvalue weighted by atomic mass is 9.87. The van der Waals surface area contributed by atoms with Crippen LogP contribution in [0.15, 0.2) is 48.8 Å². The van der Waals surface area contributed by atoms with Crippen LogP contribution in [0, 0.1) is 0 Å². The Labute approximate surface area is 266 Å². The Morgan fingerprint density at radius 3 is 1.98 bits per heavy atom. The topological polar surface area (TPSA) is 116 Å². The third kappa shape index (κ3) is 8.38. The average molecular weight is 695 g/mol. The van der Waals surface area contributed by atoms with Crippen molar-refractivity contribution in [3.63, 3.8) is 0 Å². The van der Waals surface area contributed by atoms with Crippen LogP contribution in [0.2, 0.25) is 0 Å². The first-order valence-electron chi connectivity index (χ1n) is 14.2. The second-order valence-electron chi connectivity index (χ2n) is 10.8. The summed E-state index contributed by atoms with van der Waals surface area (Å²) in [5.41, 5.74) is -5.33. The summed E-state index contributed by atoms with van der Waals surface area (Å²) in [7, 11) is 0. The quantitative estimate of drug-likeness (QED) is 0.161. The number of hydrogen-bond acceptors (Lipinski definition) is 6. The van der Waals surface area contributed by atoms with Crippen LogP contribution < -0.4 is 14.5 Å². The Kier molecular flexibility index (Phi) is 10.3. The summed E-state index contributed by atoms with van der Waals surface area (Å²) in [5.74, 6) is -1.38. The number of hydrogen-bond donors (Lipinski definition) is 2. The molecule has 260 valence electrons. The average Bonchev–Trinajstić information content (AvgIpc) is 2.99. The van der Waals surface area contributed by atoms with Gasteiger partial charge in [0.2, 0.25) is 5.95 Å². The number of fused-ring (bicyclic) bond motifs is 1. The van der Waals surface area contributed by atoms with Crippen LogP contribution in [0.5, 0.6) is 5.75 Å². The largest absolute Gasteiger partial charge is 0.490 e. The number of rotatable bonds is 10. The minimum Gasteiger partial charge on any atom is -0.490 e. The number of anilines is 2. The fourth-order valence-corrected chi connectivity index (χ4v) is 5.38. The van der Waals surface area contributed by atoms with Crippen molar-refractivity contribution in [3.05, 3.63) is 76.6 Å². The van der Waals surface area contributed by atoms with Crippen molar-refractivity contribution in [2.75, 3.05) is 16.4 Å². The van der Waals surface area contributed by atoms with Gasteiger partial charge in [-0.25, -0.2) is 14.8 Å². The summed E-state index contributed by atoms with van der Waals surface area (Å²) < 4.78 is 129. The van der Waals surface area contributed by atoms with E-state index in [1.165, 1.54) is 0 Å². The molecule has 3 aromatic rings. The molecule has 0 fully saturated rings. The summed E-state index contributed by atoms with van der Waals surface area (Å²) in [6.07, 6.45) is -14.8. The van der Waals surface area contributed by atoms with Gasteiger partial charge in [-0.15, -0.1) is 0 Å². The van der Waals surface area contributed by atoms with E-state index in [0.717, 1.165) is 28.3 Å². The van der Waals surface area contributed by atoms with E-state index in [4.69, 9.17) is 9.84 Å². The highest BCUT2D eigenvalue weighted by molar-refractivity contribution is 5.89. The number of benzene rings is 2. The molecule has 1 aliphatic rings. The zero-order valence-electron chi connectivity index (χ0n) is 24.8. The predicted molar refractivity (Wildman–Crippen MR) is 150 cm³/mol. The van der Waals surface area contributed by atoms with Crippen molar-refractivity contribution in [2.24, 2.45) is 0 Å². The molecule has 0 saturated heterocycles. The number of alkyl halides is 9. The molecule has 0 radical (unpaired) electrons. The molecular weight excluding hydrogens is 667 g/mol. The molecule has 4 rings (SSSR count). The monoisotopic (exact) mass is 694 g/mol. The molecule has 0 spiro atoms. The normalized spacial score (nSPS) is 16.8. The van der Waals surface area contributed by atoms with Crippen molar-refractivity contribution < 1.29 is 64.1 Å². The van der Waals surface area contributed by atoms with Crippen LogP contribution in [-0.2, 0) is 29.9 Å². The molecule has 0 aliphatic carbocycles. The van der Waals surface area contributed by atoms with Gasteiger partial charge in [-0.05, 0) is 66.8 Å². The van der Waals surface area contributed by atoms with Gasteiger partial charge in [-0.1, -0.05) is 6.92 Å². The maximum Gasteiger partial charge on any atom is 0.416 e. The van der Waals surface area contributed by atoms with E-state index in [1.807, 2.05) is 0 Å². The van der Waals surface area contributed by atoms with Crippen LogP contribution in [0.1, 0.15) is 66.5 Å². The molecule has 0 unspecified atom stereocenters. The van der Waals surface area contributed by atoms with Gasteiger partial charge in [0, 0.05) is 19.0 Å². The van der Waals surface area contributed by atoms with E-state index in [-0.39, 0.29) is 61.3 Å². The lowest BCUT2D eigenvalue weighted by Gasteiger charge is -2.43. The Hall–Kier alpha value is -4.77. The minimum atomic E-state index is -5.19. The minimum absolute atomic E-state index is 0.0226. The van der Waals surface area contributed by atoms with E-state index in [9.17, 15) is 54.2 Å². The number of aliphatic carboxylic acids is 1. The lowest BCUT2D eigenvalue weighted by Crippen LogP contribution is -2.47. The maximum atomic E-state index is 13.9. The van der Waals surface area contributed by atoms with Crippen LogP contribution in [-0.4, -0.2) is 44.9 Å². The summed E-state index contributed by atoms with van der Waals surface area (Å²) >= 11 is 0. The maximum absolute atomic E-state index is 13.9. The molecule has 0 bridgehead atoms. The number of ether oxygens (including phenoxy) is 1. The van der Waals surface area contributed by atoms with Crippen LogP contribution >= 0.6 is 0 Å². The van der Waals surface area contributed by atoms with Crippen LogP contribution in [0.25, 0.3) is 0 Å². The van der Waals surface area contributed by atoms with Crippen molar-refractivity contribution >= 4 is 23.7 Å². The van der Waals surface area contributed by atoms with Gasteiger partial charge in [-0.2, -0.15) is 39.5 Å². The fourth-order valence-electron chi connectivity index (χ4n) is 5.38. The summed E-state index contributed by atoms with van der Waals surface area (Å²) in [4.78, 5) is 33.2. The Morgan fingerprint density at radius 2 is 1.48 bits per heavy atom. The van der Waals surface area contributed by atoms with Crippen LogP contribution in [0.3, 0.4) is 0 Å². The number of amides is 1. The molecule has 2 N–H and O–H groups in total. The second-order valence-corrected chi connectivity index (χ2v) is 10.8. The molecule has 2 aromatic carbocycles. The van der Waals surface area contributed by atoms with E-state index < -0.39 is 71.5 Å². The highest BCUT2D eigenvalue weighted by atomic mass is 19.4. The van der Waals surface area contributed by atoms with E-state index >= 15 is 0 Å². The smallest absolute Gasteiger partial charge is 0.416 e. The molecule has 2 atom stereocenters. The SMILES string of the molecule is CC[C@@H]1C[C@H](N(Cc2cc(C(F)(F)F)cc(C(F)(F)F)c2)c2ncc(OCCCC(=O)O)cn2)c2cc(C(F)(F)F)ccc2N1C(=O)O. The van der Waals surface area contributed by atoms with E-state index in [1.54, 1.807) is 6.92 Å². The number of halogens is 9. The van der Waals surface area contributed by atoms with Gasteiger partial charge in [0.15, 0.2) is 5.75 Å². The highest BCUT2D eigenvalue weighted by Crippen LogP contribution is 2.46. The number of carbonyl (C=O) groups is 2. The van der Waals surface area contributed by atoms with Crippen molar-refractivity contribution in [1.82, 2.24) is 9.97 Å². The Balaban J connectivity index is 1.88. The molecule has 18 heteroatoms. The summed E-state index contributed by atoms with van der Waals surface area (Å²) in [6, 6.07) is 1.03. The number of carboxylic acid groups (broad SMARTS) is 2. The number of nitrogens with zero attached hydrogens (tertiary/aromatic N) is 4.